The summed E-state index contributed by atoms with van der Waals surface area (Å²) in [6, 6.07) is 23.9. The third-order valence-electron chi connectivity index (χ3n) is 4.44. The summed E-state index contributed by atoms with van der Waals surface area (Å²) in [4.78, 5) is 25.5. The van der Waals surface area contributed by atoms with Gasteiger partial charge in [-0.15, -0.1) is 0 Å². The fourth-order valence-electron chi connectivity index (χ4n) is 3.02. The van der Waals surface area contributed by atoms with Crippen LogP contribution in [0.5, 0.6) is 0 Å². The molecular weight excluding hydrogens is 336 g/mol. The number of Topliss-reactive ketones (excluding diaryl/α,β-unsaturated/α-hetero) is 1. The van der Waals surface area contributed by atoms with Crippen LogP contribution in [-0.4, -0.2) is 22.3 Å². The summed E-state index contributed by atoms with van der Waals surface area (Å²) in [5.74, 6) is -0.445. The van der Waals surface area contributed by atoms with Gasteiger partial charge < -0.3 is 5.11 Å². The van der Waals surface area contributed by atoms with E-state index in [-0.39, 0.29) is 11.6 Å². The first-order chi connectivity index (χ1) is 12.9. The number of hydrogen-bond donors (Lipinski definition) is 1. The third kappa shape index (κ3) is 4.39. The predicted molar refractivity (Wildman–Crippen MR) is 106 cm³/mol. The van der Waals surface area contributed by atoms with Gasteiger partial charge in [-0.25, -0.2) is 0 Å². The van der Waals surface area contributed by atoms with Crippen molar-refractivity contribution in [1.82, 2.24) is 0 Å². The summed E-state index contributed by atoms with van der Waals surface area (Å²) >= 11 is 0. The Hall–Kier alpha value is -3.04. The molecule has 0 amide bonds. The van der Waals surface area contributed by atoms with Crippen LogP contribution < -0.4 is 0 Å². The van der Waals surface area contributed by atoms with Gasteiger partial charge in [-0.1, -0.05) is 72.8 Å². The largest absolute Gasteiger partial charge is 0.382 e. The van der Waals surface area contributed by atoms with Crippen molar-refractivity contribution in [3.8, 4) is 0 Å². The quantitative estimate of drug-likeness (QED) is 0.662. The predicted octanol–water partition coefficient (Wildman–Crippen LogP) is 4.46. The van der Waals surface area contributed by atoms with Crippen molar-refractivity contribution in [3.05, 3.63) is 107 Å². The molecule has 0 radical (unpaired) electrons. The van der Waals surface area contributed by atoms with E-state index in [1.54, 1.807) is 30.3 Å². The molecule has 0 saturated carbocycles. The number of rotatable bonds is 6. The van der Waals surface area contributed by atoms with Crippen molar-refractivity contribution in [2.24, 2.45) is 0 Å². The average Bonchev–Trinajstić information content (AvgIpc) is 2.67. The van der Waals surface area contributed by atoms with Crippen LogP contribution in [0, 0.1) is 0 Å². The lowest BCUT2D eigenvalue weighted by molar-refractivity contribution is 0.0488. The van der Waals surface area contributed by atoms with Crippen LogP contribution in [0.4, 0.5) is 0 Å². The second-order valence-electron chi connectivity index (χ2n) is 7.12. The summed E-state index contributed by atoms with van der Waals surface area (Å²) in [6.45, 7) is 2.93. The van der Waals surface area contributed by atoms with E-state index >= 15 is 0 Å². The molecule has 1 N–H and O–H groups in total. The molecule has 27 heavy (non-hydrogen) atoms. The second kappa shape index (κ2) is 7.68. The van der Waals surface area contributed by atoms with Gasteiger partial charge in [0.1, 0.15) is 5.60 Å². The number of benzene rings is 3. The Labute approximate surface area is 159 Å². The monoisotopic (exact) mass is 358 g/mol. The van der Waals surface area contributed by atoms with E-state index < -0.39 is 5.60 Å². The molecule has 136 valence electrons. The van der Waals surface area contributed by atoms with E-state index in [4.69, 9.17) is 0 Å². The molecule has 0 heterocycles. The van der Waals surface area contributed by atoms with E-state index in [9.17, 15) is 14.7 Å². The molecule has 3 heteroatoms. The Kier molecular flexibility index (Phi) is 5.33. The van der Waals surface area contributed by atoms with Gasteiger partial charge in [0.2, 0.25) is 0 Å². The van der Waals surface area contributed by atoms with Crippen molar-refractivity contribution in [2.75, 3.05) is 0 Å². The molecule has 0 saturated heterocycles. The van der Waals surface area contributed by atoms with Crippen LogP contribution in [0.25, 0.3) is 0 Å². The lowest BCUT2D eigenvalue weighted by Crippen LogP contribution is -2.31. The summed E-state index contributed by atoms with van der Waals surface area (Å²) in [7, 11) is 0. The Morgan fingerprint density at radius 3 is 2.00 bits per heavy atom. The first kappa shape index (κ1) is 18.7. The molecular formula is C24H22O3. The number of hydrogen-bond acceptors (Lipinski definition) is 3. The zero-order valence-electron chi connectivity index (χ0n) is 15.5. The van der Waals surface area contributed by atoms with Crippen LogP contribution in [0.2, 0.25) is 0 Å². The van der Waals surface area contributed by atoms with Gasteiger partial charge in [0.25, 0.3) is 0 Å². The summed E-state index contributed by atoms with van der Waals surface area (Å²) in [5.41, 5.74) is 1.93. The van der Waals surface area contributed by atoms with Crippen LogP contribution in [0.15, 0.2) is 78.9 Å². The third-order valence-corrected chi connectivity index (χ3v) is 4.44. The molecule has 0 aromatic heterocycles. The Balaban J connectivity index is 2.06. The van der Waals surface area contributed by atoms with E-state index in [0.717, 1.165) is 11.1 Å². The fraction of sp³-hybridized carbons (Fsp3) is 0.167. The molecule has 3 aromatic rings. The average molecular weight is 358 g/mol. The summed E-state index contributed by atoms with van der Waals surface area (Å²) in [5, 5.41) is 10.1. The molecule has 0 aliphatic carbocycles. The number of ketones is 2. The minimum Gasteiger partial charge on any atom is -0.382 e. The maximum Gasteiger partial charge on any atom is 0.193 e. The first-order valence-electron chi connectivity index (χ1n) is 8.90. The van der Waals surface area contributed by atoms with Gasteiger partial charge >= 0.3 is 0 Å². The molecule has 3 aromatic carbocycles. The molecule has 0 aliphatic heterocycles. The van der Waals surface area contributed by atoms with Crippen molar-refractivity contribution in [3.63, 3.8) is 0 Å². The van der Waals surface area contributed by atoms with Crippen molar-refractivity contribution >= 4 is 11.6 Å². The number of carbonyl (C=O) groups is 2. The summed E-state index contributed by atoms with van der Waals surface area (Å²) in [6.07, 6.45) is 0.529. The SMILES string of the molecule is CC(C)(O)C(=O)c1ccc(C(=O)c2ccccc2)c(Cc2ccccc2)c1. The maximum absolute atomic E-state index is 13.0. The van der Waals surface area contributed by atoms with E-state index in [1.807, 2.05) is 48.5 Å². The van der Waals surface area contributed by atoms with Crippen LogP contribution >= 0.6 is 0 Å². The van der Waals surface area contributed by atoms with E-state index in [1.165, 1.54) is 13.8 Å². The van der Waals surface area contributed by atoms with Crippen molar-refractivity contribution < 1.29 is 14.7 Å². The molecule has 0 unspecified atom stereocenters. The van der Waals surface area contributed by atoms with Gasteiger partial charge in [-0.05, 0) is 37.5 Å². The fourth-order valence-corrected chi connectivity index (χ4v) is 3.02. The van der Waals surface area contributed by atoms with Crippen molar-refractivity contribution in [2.45, 2.75) is 25.9 Å². The van der Waals surface area contributed by atoms with Gasteiger partial charge in [0.05, 0.1) is 0 Å². The maximum atomic E-state index is 13.0. The van der Waals surface area contributed by atoms with Gasteiger partial charge in [0.15, 0.2) is 11.6 Å². The molecule has 3 rings (SSSR count). The van der Waals surface area contributed by atoms with Gasteiger partial charge in [-0.2, -0.15) is 0 Å². The van der Waals surface area contributed by atoms with Crippen LogP contribution in [-0.2, 0) is 6.42 Å². The van der Waals surface area contributed by atoms with E-state index in [2.05, 4.69) is 0 Å². The molecule has 3 nitrogen and oxygen atoms in total. The lowest BCUT2D eigenvalue weighted by atomic mass is 9.89. The standard InChI is InChI=1S/C24H22O3/c1-24(2,27)23(26)19-13-14-21(22(25)18-11-7-4-8-12-18)20(16-19)15-17-9-5-3-6-10-17/h3-14,16,27H,15H2,1-2H3. The first-order valence-corrected chi connectivity index (χ1v) is 8.90. The number of aliphatic hydroxyl groups is 1. The molecule has 0 aliphatic rings. The Bertz CT molecular complexity index is 952. The minimum absolute atomic E-state index is 0.0798. The highest BCUT2D eigenvalue weighted by molar-refractivity contribution is 6.11. The van der Waals surface area contributed by atoms with Crippen LogP contribution in [0.1, 0.15) is 51.3 Å². The highest BCUT2D eigenvalue weighted by Crippen LogP contribution is 2.22. The normalized spacial score (nSPS) is 11.2. The number of carbonyl (C=O) groups excluding carboxylic acids is 2. The van der Waals surface area contributed by atoms with Crippen LogP contribution in [0.3, 0.4) is 0 Å². The van der Waals surface area contributed by atoms with E-state index in [0.29, 0.717) is 23.1 Å². The van der Waals surface area contributed by atoms with Gasteiger partial charge in [-0.3, -0.25) is 9.59 Å². The van der Waals surface area contributed by atoms with Crippen molar-refractivity contribution in [1.29, 1.82) is 0 Å². The molecule has 0 atom stereocenters. The summed E-state index contributed by atoms with van der Waals surface area (Å²) < 4.78 is 0. The molecule has 0 fully saturated rings. The zero-order valence-corrected chi connectivity index (χ0v) is 15.5. The Morgan fingerprint density at radius 2 is 1.41 bits per heavy atom. The highest BCUT2D eigenvalue weighted by atomic mass is 16.3. The highest BCUT2D eigenvalue weighted by Gasteiger charge is 2.26. The Morgan fingerprint density at radius 1 is 0.815 bits per heavy atom. The molecule has 0 spiro atoms. The smallest absolute Gasteiger partial charge is 0.193 e. The van der Waals surface area contributed by atoms with Gasteiger partial charge in [0, 0.05) is 16.7 Å². The zero-order chi connectivity index (χ0) is 19.4. The minimum atomic E-state index is -1.46. The lowest BCUT2D eigenvalue weighted by Gasteiger charge is -2.17. The molecule has 0 bridgehead atoms. The second-order valence-corrected chi connectivity index (χ2v) is 7.12. The topological polar surface area (TPSA) is 54.4 Å².